The largest absolute Gasteiger partial charge is 0.506 e. The second kappa shape index (κ2) is 3.14. The van der Waals surface area contributed by atoms with Crippen LogP contribution in [0.5, 0.6) is 5.75 Å². The summed E-state index contributed by atoms with van der Waals surface area (Å²) in [6.45, 7) is 3.98. The number of rotatable bonds is 1. The van der Waals surface area contributed by atoms with Gasteiger partial charge in [0.2, 0.25) is 0 Å². The summed E-state index contributed by atoms with van der Waals surface area (Å²) < 4.78 is 0. The molecule has 1 rings (SSSR count). The van der Waals surface area contributed by atoms with E-state index in [9.17, 15) is 5.11 Å². The predicted molar refractivity (Wildman–Crippen MR) is 47.2 cm³/mol. The van der Waals surface area contributed by atoms with Crippen molar-refractivity contribution in [1.29, 1.82) is 0 Å². The van der Waals surface area contributed by atoms with Gasteiger partial charge >= 0.3 is 0 Å². The fourth-order valence-electron chi connectivity index (χ4n) is 1.09. The summed E-state index contributed by atoms with van der Waals surface area (Å²) in [7, 11) is 0. The van der Waals surface area contributed by atoms with E-state index in [0.29, 0.717) is 5.02 Å². The molecule has 0 aromatic heterocycles. The molecule has 0 amide bonds. The van der Waals surface area contributed by atoms with Crippen LogP contribution in [0.2, 0.25) is 5.02 Å². The average Bonchev–Trinajstić information content (AvgIpc) is 2.01. The highest BCUT2D eigenvalue weighted by atomic mass is 35.5. The van der Waals surface area contributed by atoms with Crippen molar-refractivity contribution in [3.63, 3.8) is 0 Å². The molecule has 0 spiro atoms. The Labute approximate surface area is 71.6 Å². The van der Waals surface area contributed by atoms with Crippen molar-refractivity contribution < 1.29 is 5.11 Å². The van der Waals surface area contributed by atoms with E-state index in [1.54, 1.807) is 6.07 Å². The van der Waals surface area contributed by atoms with E-state index in [1.165, 1.54) is 5.56 Å². The van der Waals surface area contributed by atoms with Crippen molar-refractivity contribution in [2.24, 2.45) is 0 Å². The topological polar surface area (TPSA) is 20.2 Å². The van der Waals surface area contributed by atoms with Gasteiger partial charge in [-0.05, 0) is 30.5 Å². The van der Waals surface area contributed by atoms with Gasteiger partial charge in [-0.3, -0.25) is 0 Å². The van der Waals surface area contributed by atoms with Crippen LogP contribution in [-0.4, -0.2) is 5.11 Å². The minimum atomic E-state index is 0.168. The van der Waals surface area contributed by atoms with E-state index in [0.717, 1.165) is 12.0 Å². The standard InChI is InChI=1S/C9H11ClO/c1-3-7-4-5-8(11)9(10)6(7)2/h4-5,11H,3H2,1-2H3. The molecule has 60 valence electrons. The van der Waals surface area contributed by atoms with E-state index in [4.69, 9.17) is 11.6 Å². The van der Waals surface area contributed by atoms with Gasteiger partial charge in [-0.1, -0.05) is 24.6 Å². The lowest BCUT2D eigenvalue weighted by atomic mass is 10.1. The molecule has 1 aromatic rings. The molecule has 0 unspecified atom stereocenters. The van der Waals surface area contributed by atoms with Crippen LogP contribution in [0.3, 0.4) is 0 Å². The van der Waals surface area contributed by atoms with Crippen LogP contribution in [0.15, 0.2) is 12.1 Å². The summed E-state index contributed by atoms with van der Waals surface area (Å²) in [6, 6.07) is 3.53. The highest BCUT2D eigenvalue weighted by Crippen LogP contribution is 2.28. The van der Waals surface area contributed by atoms with Gasteiger partial charge in [0.05, 0.1) is 5.02 Å². The Hall–Kier alpha value is -0.690. The highest BCUT2D eigenvalue weighted by Gasteiger charge is 2.04. The lowest BCUT2D eigenvalue weighted by Crippen LogP contribution is -1.86. The van der Waals surface area contributed by atoms with E-state index in [2.05, 4.69) is 6.92 Å². The highest BCUT2D eigenvalue weighted by molar-refractivity contribution is 6.32. The van der Waals surface area contributed by atoms with E-state index in [-0.39, 0.29) is 5.75 Å². The number of phenolic OH excluding ortho intramolecular Hbond substituents is 1. The zero-order chi connectivity index (χ0) is 8.43. The number of aromatic hydroxyl groups is 1. The maximum absolute atomic E-state index is 9.19. The molecule has 1 aromatic carbocycles. The Morgan fingerprint density at radius 1 is 1.45 bits per heavy atom. The molecule has 11 heavy (non-hydrogen) atoms. The predicted octanol–water partition coefficient (Wildman–Crippen LogP) is 2.92. The van der Waals surface area contributed by atoms with Gasteiger partial charge in [0.1, 0.15) is 5.75 Å². The minimum absolute atomic E-state index is 0.168. The van der Waals surface area contributed by atoms with Gasteiger partial charge in [-0.15, -0.1) is 0 Å². The van der Waals surface area contributed by atoms with Crippen molar-refractivity contribution in [2.45, 2.75) is 20.3 Å². The monoisotopic (exact) mass is 170 g/mol. The normalized spacial score (nSPS) is 10.1. The molecule has 0 saturated heterocycles. The molecule has 0 aliphatic heterocycles. The van der Waals surface area contributed by atoms with Crippen molar-refractivity contribution in [2.75, 3.05) is 0 Å². The molecule has 0 radical (unpaired) electrons. The molecule has 1 N–H and O–H groups in total. The average molecular weight is 171 g/mol. The zero-order valence-corrected chi connectivity index (χ0v) is 7.44. The molecule has 2 heteroatoms. The second-order valence-corrected chi connectivity index (χ2v) is 2.91. The maximum atomic E-state index is 9.19. The number of aryl methyl sites for hydroxylation is 1. The summed E-state index contributed by atoms with van der Waals surface area (Å²) in [5.74, 6) is 0.168. The minimum Gasteiger partial charge on any atom is -0.506 e. The van der Waals surface area contributed by atoms with Gasteiger partial charge in [0.25, 0.3) is 0 Å². The van der Waals surface area contributed by atoms with Gasteiger partial charge in [0, 0.05) is 0 Å². The number of halogens is 1. The Morgan fingerprint density at radius 2 is 2.09 bits per heavy atom. The van der Waals surface area contributed by atoms with Crippen LogP contribution >= 0.6 is 11.6 Å². The van der Waals surface area contributed by atoms with Crippen LogP contribution in [0, 0.1) is 6.92 Å². The molecule has 1 nitrogen and oxygen atoms in total. The third-order valence-corrected chi connectivity index (χ3v) is 2.34. The number of hydrogen-bond donors (Lipinski definition) is 1. The summed E-state index contributed by atoms with van der Waals surface area (Å²) in [5, 5.41) is 9.66. The third-order valence-electron chi connectivity index (χ3n) is 1.86. The van der Waals surface area contributed by atoms with Crippen LogP contribution in [0.1, 0.15) is 18.1 Å². The third kappa shape index (κ3) is 1.48. The quantitative estimate of drug-likeness (QED) is 0.687. The van der Waals surface area contributed by atoms with Crippen molar-refractivity contribution in [3.05, 3.63) is 28.3 Å². The molecule has 0 fully saturated rings. The van der Waals surface area contributed by atoms with Crippen LogP contribution in [0.25, 0.3) is 0 Å². The maximum Gasteiger partial charge on any atom is 0.134 e. The van der Waals surface area contributed by atoms with E-state index >= 15 is 0 Å². The second-order valence-electron chi connectivity index (χ2n) is 2.54. The molecule has 0 atom stereocenters. The van der Waals surface area contributed by atoms with Crippen molar-refractivity contribution >= 4 is 11.6 Å². The Balaban J connectivity index is 3.25. The Kier molecular flexibility index (Phi) is 2.40. The SMILES string of the molecule is CCc1ccc(O)c(Cl)c1C. The van der Waals surface area contributed by atoms with Gasteiger partial charge < -0.3 is 5.11 Å². The summed E-state index contributed by atoms with van der Waals surface area (Å²) >= 11 is 5.81. The summed E-state index contributed by atoms with van der Waals surface area (Å²) in [6.07, 6.45) is 0.950. The first-order valence-electron chi connectivity index (χ1n) is 3.63. The first-order valence-corrected chi connectivity index (χ1v) is 4.01. The van der Waals surface area contributed by atoms with Gasteiger partial charge in [-0.25, -0.2) is 0 Å². The lowest BCUT2D eigenvalue weighted by Gasteiger charge is -2.05. The fourth-order valence-corrected chi connectivity index (χ4v) is 1.28. The van der Waals surface area contributed by atoms with Gasteiger partial charge in [0.15, 0.2) is 0 Å². The fraction of sp³-hybridized carbons (Fsp3) is 0.333. The van der Waals surface area contributed by atoms with Crippen molar-refractivity contribution in [3.8, 4) is 5.75 Å². The Morgan fingerprint density at radius 3 is 2.64 bits per heavy atom. The number of phenols is 1. The van der Waals surface area contributed by atoms with E-state index < -0.39 is 0 Å². The van der Waals surface area contributed by atoms with Crippen LogP contribution < -0.4 is 0 Å². The number of hydrogen-bond acceptors (Lipinski definition) is 1. The molecule has 0 heterocycles. The summed E-state index contributed by atoms with van der Waals surface area (Å²) in [4.78, 5) is 0. The Bertz CT molecular complexity index is 269. The molecule has 0 aliphatic carbocycles. The molecule has 0 aliphatic rings. The van der Waals surface area contributed by atoms with Crippen LogP contribution in [-0.2, 0) is 6.42 Å². The first-order chi connectivity index (χ1) is 5.16. The molecule has 0 bridgehead atoms. The van der Waals surface area contributed by atoms with Crippen molar-refractivity contribution in [1.82, 2.24) is 0 Å². The molecule has 0 saturated carbocycles. The molecular weight excluding hydrogens is 160 g/mol. The van der Waals surface area contributed by atoms with Gasteiger partial charge in [-0.2, -0.15) is 0 Å². The lowest BCUT2D eigenvalue weighted by molar-refractivity contribution is 0.475. The smallest absolute Gasteiger partial charge is 0.134 e. The van der Waals surface area contributed by atoms with Crippen LogP contribution in [0.4, 0.5) is 0 Å². The molecular formula is C9H11ClO. The zero-order valence-electron chi connectivity index (χ0n) is 6.69. The number of benzene rings is 1. The van der Waals surface area contributed by atoms with E-state index in [1.807, 2.05) is 13.0 Å². The summed E-state index contributed by atoms with van der Waals surface area (Å²) in [5.41, 5.74) is 2.17. The first kappa shape index (κ1) is 8.41.